The van der Waals surface area contributed by atoms with E-state index in [2.05, 4.69) is 0 Å². The lowest BCUT2D eigenvalue weighted by Crippen LogP contribution is -2.32. The molecule has 0 aromatic heterocycles. The molecule has 1 aliphatic heterocycles. The molecular formula is C14H18FNO3S2. The van der Waals surface area contributed by atoms with E-state index in [-0.39, 0.29) is 34.2 Å². The number of rotatable bonds is 5. The van der Waals surface area contributed by atoms with Crippen LogP contribution in [-0.2, 0) is 14.6 Å². The molecule has 1 amide bonds. The summed E-state index contributed by atoms with van der Waals surface area (Å²) in [6, 6.07) is 5.78. The fraction of sp³-hybridized carbons (Fsp3) is 0.500. The van der Waals surface area contributed by atoms with E-state index in [1.165, 1.54) is 23.9 Å². The first-order chi connectivity index (χ1) is 9.91. The Morgan fingerprint density at radius 3 is 2.57 bits per heavy atom. The molecule has 1 aromatic rings. The number of carbonyl (C=O) groups is 1. The molecule has 1 fully saturated rings. The fourth-order valence-electron chi connectivity index (χ4n) is 2.28. The van der Waals surface area contributed by atoms with Crippen LogP contribution in [-0.4, -0.2) is 43.4 Å². The zero-order valence-corrected chi connectivity index (χ0v) is 13.4. The standard InChI is InChI=1S/C14H18FNO3S2/c1-2-16(12-5-3-11(15)4-6-12)14(17)9-20-13-7-8-21(18,19)10-13/h3-6,13H,2,7-10H2,1H3. The van der Waals surface area contributed by atoms with Gasteiger partial charge in [-0.05, 0) is 37.6 Å². The van der Waals surface area contributed by atoms with Crippen LogP contribution in [0.4, 0.5) is 10.1 Å². The number of halogens is 1. The molecule has 1 heterocycles. The van der Waals surface area contributed by atoms with Crippen LogP contribution in [0.25, 0.3) is 0 Å². The third-order valence-electron chi connectivity index (χ3n) is 3.39. The van der Waals surface area contributed by atoms with Crippen LogP contribution < -0.4 is 4.90 Å². The lowest BCUT2D eigenvalue weighted by molar-refractivity contribution is -0.116. The van der Waals surface area contributed by atoms with Gasteiger partial charge in [0, 0.05) is 17.5 Å². The minimum absolute atomic E-state index is 0.00544. The van der Waals surface area contributed by atoms with Crippen molar-refractivity contribution < 1.29 is 17.6 Å². The molecule has 0 bridgehead atoms. The Bertz CT molecular complexity index is 601. The van der Waals surface area contributed by atoms with Crippen LogP contribution in [0.1, 0.15) is 13.3 Å². The summed E-state index contributed by atoms with van der Waals surface area (Å²) in [4.78, 5) is 13.8. The van der Waals surface area contributed by atoms with Gasteiger partial charge in [-0.1, -0.05) is 0 Å². The van der Waals surface area contributed by atoms with E-state index in [0.717, 1.165) is 0 Å². The highest BCUT2D eigenvalue weighted by Gasteiger charge is 2.29. The van der Waals surface area contributed by atoms with Crippen molar-refractivity contribution in [2.75, 3.05) is 28.7 Å². The Labute approximate surface area is 128 Å². The largest absolute Gasteiger partial charge is 0.312 e. The number of amides is 1. The molecule has 116 valence electrons. The first kappa shape index (κ1) is 16.3. The van der Waals surface area contributed by atoms with Crippen molar-refractivity contribution in [1.82, 2.24) is 0 Å². The summed E-state index contributed by atoms with van der Waals surface area (Å²) in [6.07, 6.45) is 0.614. The summed E-state index contributed by atoms with van der Waals surface area (Å²) >= 11 is 1.39. The van der Waals surface area contributed by atoms with E-state index in [4.69, 9.17) is 0 Å². The number of anilines is 1. The Balaban J connectivity index is 1.93. The van der Waals surface area contributed by atoms with Gasteiger partial charge in [0.2, 0.25) is 5.91 Å². The molecule has 21 heavy (non-hydrogen) atoms. The second-order valence-electron chi connectivity index (χ2n) is 4.95. The van der Waals surface area contributed by atoms with Crippen LogP contribution in [0.5, 0.6) is 0 Å². The van der Waals surface area contributed by atoms with Gasteiger partial charge < -0.3 is 4.90 Å². The van der Waals surface area contributed by atoms with Crippen molar-refractivity contribution in [3.8, 4) is 0 Å². The number of hydrogen-bond donors (Lipinski definition) is 0. The highest BCUT2D eigenvalue weighted by atomic mass is 32.2. The average molecular weight is 331 g/mol. The number of nitrogens with zero attached hydrogens (tertiary/aromatic N) is 1. The lowest BCUT2D eigenvalue weighted by Gasteiger charge is -2.21. The van der Waals surface area contributed by atoms with E-state index in [9.17, 15) is 17.6 Å². The molecule has 1 unspecified atom stereocenters. The minimum atomic E-state index is -2.91. The molecule has 7 heteroatoms. The van der Waals surface area contributed by atoms with Gasteiger partial charge in [0.25, 0.3) is 0 Å². The van der Waals surface area contributed by atoms with Gasteiger partial charge in [0.05, 0.1) is 17.3 Å². The van der Waals surface area contributed by atoms with Crippen molar-refractivity contribution in [1.29, 1.82) is 0 Å². The number of carbonyl (C=O) groups excluding carboxylic acids is 1. The number of thioether (sulfide) groups is 1. The third-order valence-corrected chi connectivity index (χ3v) is 6.66. The van der Waals surface area contributed by atoms with Crippen LogP contribution >= 0.6 is 11.8 Å². The van der Waals surface area contributed by atoms with Gasteiger partial charge in [-0.25, -0.2) is 12.8 Å². The monoisotopic (exact) mass is 331 g/mol. The molecule has 1 atom stereocenters. The van der Waals surface area contributed by atoms with Crippen LogP contribution in [0.15, 0.2) is 24.3 Å². The molecule has 0 radical (unpaired) electrons. The first-order valence-corrected chi connectivity index (χ1v) is 9.66. The molecule has 0 aliphatic carbocycles. The fourth-order valence-corrected chi connectivity index (χ4v) is 5.80. The van der Waals surface area contributed by atoms with E-state index in [0.29, 0.717) is 18.7 Å². The zero-order valence-electron chi connectivity index (χ0n) is 11.8. The maximum absolute atomic E-state index is 12.9. The molecule has 0 saturated carbocycles. The third kappa shape index (κ3) is 4.44. The average Bonchev–Trinajstić information content (AvgIpc) is 2.79. The molecule has 2 rings (SSSR count). The topological polar surface area (TPSA) is 54.5 Å². The highest BCUT2D eigenvalue weighted by Crippen LogP contribution is 2.25. The summed E-state index contributed by atoms with van der Waals surface area (Å²) in [5.74, 6) is 0.194. The normalized spacial score (nSPS) is 20.4. The van der Waals surface area contributed by atoms with Gasteiger partial charge in [0.1, 0.15) is 5.82 Å². The van der Waals surface area contributed by atoms with E-state index in [1.807, 2.05) is 6.92 Å². The Morgan fingerprint density at radius 1 is 1.38 bits per heavy atom. The van der Waals surface area contributed by atoms with Gasteiger partial charge in [0.15, 0.2) is 9.84 Å². The molecule has 1 aromatic carbocycles. The predicted octanol–water partition coefficient (Wildman–Crippen LogP) is 2.10. The number of benzene rings is 1. The number of hydrogen-bond acceptors (Lipinski definition) is 4. The van der Waals surface area contributed by atoms with E-state index < -0.39 is 9.84 Å². The Morgan fingerprint density at radius 2 is 2.05 bits per heavy atom. The summed E-state index contributed by atoms with van der Waals surface area (Å²) in [6.45, 7) is 2.35. The van der Waals surface area contributed by atoms with Crippen molar-refractivity contribution in [2.45, 2.75) is 18.6 Å². The maximum atomic E-state index is 12.9. The summed E-state index contributed by atoms with van der Waals surface area (Å²) < 4.78 is 35.7. The van der Waals surface area contributed by atoms with Crippen LogP contribution in [0.3, 0.4) is 0 Å². The van der Waals surface area contributed by atoms with Crippen molar-refractivity contribution in [3.05, 3.63) is 30.1 Å². The van der Waals surface area contributed by atoms with Crippen molar-refractivity contribution in [3.63, 3.8) is 0 Å². The summed E-state index contributed by atoms with van der Waals surface area (Å²) in [7, 11) is -2.91. The second-order valence-corrected chi connectivity index (χ2v) is 8.47. The molecule has 4 nitrogen and oxygen atoms in total. The molecule has 0 N–H and O–H groups in total. The molecular weight excluding hydrogens is 313 g/mol. The van der Waals surface area contributed by atoms with Gasteiger partial charge in [-0.15, -0.1) is 11.8 Å². The van der Waals surface area contributed by atoms with Gasteiger partial charge >= 0.3 is 0 Å². The van der Waals surface area contributed by atoms with Crippen molar-refractivity contribution >= 4 is 33.2 Å². The highest BCUT2D eigenvalue weighted by molar-refractivity contribution is 8.02. The smallest absolute Gasteiger partial charge is 0.236 e. The van der Waals surface area contributed by atoms with E-state index in [1.54, 1.807) is 17.0 Å². The van der Waals surface area contributed by atoms with Crippen molar-refractivity contribution in [2.24, 2.45) is 0 Å². The lowest BCUT2D eigenvalue weighted by atomic mass is 10.3. The van der Waals surface area contributed by atoms with Gasteiger partial charge in [-0.3, -0.25) is 4.79 Å². The second kappa shape index (κ2) is 6.79. The van der Waals surface area contributed by atoms with E-state index >= 15 is 0 Å². The Hall–Kier alpha value is -1.08. The molecule has 1 aliphatic rings. The van der Waals surface area contributed by atoms with Crippen LogP contribution in [0, 0.1) is 5.82 Å². The summed E-state index contributed by atoms with van der Waals surface area (Å²) in [5, 5.41) is 0.00544. The maximum Gasteiger partial charge on any atom is 0.236 e. The predicted molar refractivity (Wildman–Crippen MR) is 83.9 cm³/mol. The summed E-state index contributed by atoms with van der Waals surface area (Å²) in [5.41, 5.74) is 0.656. The minimum Gasteiger partial charge on any atom is -0.312 e. The SMILES string of the molecule is CCN(C(=O)CSC1CCS(=O)(=O)C1)c1ccc(F)cc1. The molecule has 0 spiro atoms. The first-order valence-electron chi connectivity index (χ1n) is 6.79. The van der Waals surface area contributed by atoms with Gasteiger partial charge in [-0.2, -0.15) is 0 Å². The number of sulfone groups is 1. The quantitative estimate of drug-likeness (QED) is 0.829. The molecule has 1 saturated heterocycles. The van der Waals surface area contributed by atoms with Crippen LogP contribution in [0.2, 0.25) is 0 Å². The zero-order chi connectivity index (χ0) is 15.5. The Kier molecular flexibility index (Phi) is 5.27.